The van der Waals surface area contributed by atoms with Gasteiger partial charge in [-0.25, -0.2) is 9.37 Å². The highest BCUT2D eigenvalue weighted by Crippen LogP contribution is 2.19. The minimum Gasteiger partial charge on any atom is -0.352 e. The van der Waals surface area contributed by atoms with Crippen molar-refractivity contribution in [1.82, 2.24) is 19.6 Å². The van der Waals surface area contributed by atoms with E-state index in [0.717, 1.165) is 55.1 Å². The lowest BCUT2D eigenvalue weighted by atomic mass is 10.2. The second kappa shape index (κ2) is 8.24. The van der Waals surface area contributed by atoms with Gasteiger partial charge in [0.1, 0.15) is 11.6 Å². The summed E-state index contributed by atoms with van der Waals surface area (Å²) in [7, 11) is 1.79. The minimum absolute atomic E-state index is 0.216. The van der Waals surface area contributed by atoms with E-state index in [1.165, 1.54) is 23.7 Å². The average Bonchev–Trinajstić information content (AvgIpc) is 3.13. The molecule has 0 unspecified atom stereocenters. The van der Waals surface area contributed by atoms with Crippen molar-refractivity contribution < 1.29 is 4.39 Å². The minimum atomic E-state index is -0.216. The molecule has 3 rings (SSSR count). The lowest BCUT2D eigenvalue weighted by molar-refractivity contribution is 0.372. The quantitative estimate of drug-likeness (QED) is 0.667. The fourth-order valence-electron chi connectivity index (χ4n) is 2.74. The van der Waals surface area contributed by atoms with Crippen LogP contribution in [0.1, 0.15) is 18.3 Å². The number of hydrogen-bond donors (Lipinski definition) is 1. The maximum absolute atomic E-state index is 13.0. The van der Waals surface area contributed by atoms with Crippen molar-refractivity contribution in [3.8, 4) is 0 Å². The molecule has 0 amide bonds. The number of benzene rings is 1. The molecule has 0 spiro atoms. The van der Waals surface area contributed by atoms with Crippen LogP contribution in [0.15, 0.2) is 29.3 Å². The monoisotopic (exact) mass is 362 g/mol. The van der Waals surface area contributed by atoms with Crippen LogP contribution in [0.25, 0.3) is 0 Å². The summed E-state index contributed by atoms with van der Waals surface area (Å²) >= 11 is 1.47. The van der Waals surface area contributed by atoms with Gasteiger partial charge in [0.15, 0.2) is 5.96 Å². The number of piperazine rings is 1. The number of aryl methyl sites for hydroxylation is 1. The van der Waals surface area contributed by atoms with Gasteiger partial charge in [-0.2, -0.15) is 4.37 Å². The molecule has 0 aliphatic carbocycles. The second-order valence-corrected chi connectivity index (χ2v) is 6.58. The van der Waals surface area contributed by atoms with Crippen molar-refractivity contribution in [3.63, 3.8) is 0 Å². The predicted molar refractivity (Wildman–Crippen MR) is 99.7 cm³/mol. The Morgan fingerprint density at radius 3 is 2.56 bits per heavy atom. The van der Waals surface area contributed by atoms with E-state index >= 15 is 0 Å². The first-order valence-electron chi connectivity index (χ1n) is 8.47. The number of aromatic nitrogens is 2. The molecule has 2 aromatic rings. The summed E-state index contributed by atoms with van der Waals surface area (Å²) in [4.78, 5) is 13.5. The lowest BCUT2D eigenvalue weighted by Gasteiger charge is -2.36. The summed E-state index contributed by atoms with van der Waals surface area (Å²) in [5.41, 5.74) is 1.03. The van der Waals surface area contributed by atoms with Gasteiger partial charge in [0.05, 0.1) is 0 Å². The zero-order valence-electron chi connectivity index (χ0n) is 14.6. The Balaban J connectivity index is 1.52. The van der Waals surface area contributed by atoms with Crippen molar-refractivity contribution in [1.29, 1.82) is 0 Å². The zero-order valence-corrected chi connectivity index (χ0v) is 15.4. The number of aliphatic imine (C=N–C) groups is 1. The predicted octanol–water partition coefficient (Wildman–Crippen LogP) is 2.14. The highest BCUT2D eigenvalue weighted by atomic mass is 32.1. The summed E-state index contributed by atoms with van der Waals surface area (Å²) in [6.07, 6.45) is 0.871. The van der Waals surface area contributed by atoms with Gasteiger partial charge in [0.25, 0.3) is 0 Å². The van der Waals surface area contributed by atoms with Crippen LogP contribution in [0.4, 0.5) is 9.52 Å². The third kappa shape index (κ3) is 4.45. The largest absolute Gasteiger partial charge is 0.352 e. The number of nitrogens with zero attached hydrogens (tertiary/aromatic N) is 5. The van der Waals surface area contributed by atoms with Gasteiger partial charge < -0.3 is 15.1 Å². The second-order valence-electron chi connectivity index (χ2n) is 5.85. The summed E-state index contributed by atoms with van der Waals surface area (Å²) < 4.78 is 17.3. The summed E-state index contributed by atoms with van der Waals surface area (Å²) in [6, 6.07) is 6.53. The van der Waals surface area contributed by atoms with E-state index < -0.39 is 0 Å². The van der Waals surface area contributed by atoms with E-state index in [1.807, 2.05) is 0 Å². The van der Waals surface area contributed by atoms with Gasteiger partial charge in [-0.05, 0) is 17.7 Å². The molecular formula is C17H23FN6S. The smallest absolute Gasteiger partial charge is 0.205 e. The SMILES string of the molecule is CCc1nsc(N2CCN(C(=NC)NCc3ccc(F)cc3)CC2)n1. The van der Waals surface area contributed by atoms with Crippen LogP contribution in [0.2, 0.25) is 0 Å². The van der Waals surface area contributed by atoms with Crippen molar-refractivity contribution in [2.45, 2.75) is 19.9 Å². The Bertz CT molecular complexity index is 706. The molecular weight excluding hydrogens is 339 g/mol. The van der Waals surface area contributed by atoms with Gasteiger partial charge in [-0.15, -0.1) is 0 Å². The van der Waals surface area contributed by atoms with Crippen LogP contribution in [0.3, 0.4) is 0 Å². The highest BCUT2D eigenvalue weighted by molar-refractivity contribution is 7.09. The molecule has 1 aliphatic heterocycles. The number of hydrogen-bond acceptors (Lipinski definition) is 5. The molecule has 2 heterocycles. The van der Waals surface area contributed by atoms with Crippen LogP contribution in [0.5, 0.6) is 0 Å². The van der Waals surface area contributed by atoms with Crippen LogP contribution in [0, 0.1) is 5.82 Å². The maximum atomic E-state index is 13.0. The standard InChI is InChI=1S/C17H23FN6S/c1-3-15-21-17(25-22-15)24-10-8-23(9-11-24)16(19-2)20-12-13-4-6-14(18)7-5-13/h4-7H,3,8-12H2,1-2H3,(H,19,20). The Kier molecular flexibility index (Phi) is 5.80. The Labute approximate surface area is 151 Å². The summed E-state index contributed by atoms with van der Waals surface area (Å²) in [5.74, 6) is 1.57. The van der Waals surface area contributed by atoms with Crippen molar-refractivity contribution in [2.24, 2.45) is 4.99 Å². The van der Waals surface area contributed by atoms with E-state index in [4.69, 9.17) is 0 Å². The first kappa shape index (κ1) is 17.6. The summed E-state index contributed by atoms with van der Waals surface area (Å²) in [6.45, 7) is 6.25. The Morgan fingerprint density at radius 1 is 1.24 bits per heavy atom. The fraction of sp³-hybridized carbons (Fsp3) is 0.471. The average molecular weight is 362 g/mol. The molecule has 1 saturated heterocycles. The molecule has 6 nitrogen and oxygen atoms in total. The van der Waals surface area contributed by atoms with Crippen molar-refractivity contribution in [3.05, 3.63) is 41.5 Å². The van der Waals surface area contributed by atoms with Crippen molar-refractivity contribution in [2.75, 3.05) is 38.1 Å². The van der Waals surface area contributed by atoms with E-state index in [0.29, 0.717) is 6.54 Å². The first-order valence-corrected chi connectivity index (χ1v) is 9.24. The molecule has 1 fully saturated rings. The van der Waals surface area contributed by atoms with Crippen LogP contribution in [-0.2, 0) is 13.0 Å². The molecule has 1 N–H and O–H groups in total. The number of guanidine groups is 1. The molecule has 0 atom stereocenters. The lowest BCUT2D eigenvalue weighted by Crippen LogP contribution is -2.52. The normalized spacial score (nSPS) is 15.6. The third-order valence-corrected chi connectivity index (χ3v) is 5.01. The molecule has 0 bridgehead atoms. The number of anilines is 1. The topological polar surface area (TPSA) is 56.7 Å². The number of rotatable bonds is 4. The molecule has 25 heavy (non-hydrogen) atoms. The van der Waals surface area contributed by atoms with Gasteiger partial charge in [0, 0.05) is 57.7 Å². The van der Waals surface area contributed by atoms with E-state index in [2.05, 4.69) is 36.4 Å². The van der Waals surface area contributed by atoms with Gasteiger partial charge in [-0.1, -0.05) is 19.1 Å². The number of halogens is 1. The van der Waals surface area contributed by atoms with Crippen molar-refractivity contribution >= 4 is 22.6 Å². The maximum Gasteiger partial charge on any atom is 0.205 e. The number of nitrogens with one attached hydrogen (secondary N) is 1. The third-order valence-electron chi connectivity index (χ3n) is 4.20. The van der Waals surface area contributed by atoms with Crippen LogP contribution < -0.4 is 10.2 Å². The van der Waals surface area contributed by atoms with Crippen LogP contribution in [-0.4, -0.2) is 53.4 Å². The summed E-state index contributed by atoms with van der Waals surface area (Å²) in [5, 5.41) is 4.36. The van der Waals surface area contributed by atoms with Gasteiger partial charge in [0.2, 0.25) is 5.13 Å². The molecule has 1 aromatic heterocycles. The molecule has 1 aliphatic rings. The first-order chi connectivity index (χ1) is 12.2. The molecule has 1 aromatic carbocycles. The van der Waals surface area contributed by atoms with E-state index in [-0.39, 0.29) is 5.82 Å². The van der Waals surface area contributed by atoms with Crippen LogP contribution >= 0.6 is 11.5 Å². The van der Waals surface area contributed by atoms with Gasteiger partial charge in [-0.3, -0.25) is 4.99 Å². The van der Waals surface area contributed by atoms with E-state index in [1.54, 1.807) is 19.2 Å². The molecule has 0 saturated carbocycles. The fourth-order valence-corrected chi connectivity index (χ4v) is 3.54. The van der Waals surface area contributed by atoms with Gasteiger partial charge >= 0.3 is 0 Å². The Hall–Kier alpha value is -2.22. The zero-order chi connectivity index (χ0) is 17.6. The van der Waals surface area contributed by atoms with E-state index in [9.17, 15) is 4.39 Å². The Morgan fingerprint density at radius 2 is 1.96 bits per heavy atom. The molecule has 8 heteroatoms. The highest BCUT2D eigenvalue weighted by Gasteiger charge is 2.21. The molecule has 0 radical (unpaired) electrons. The molecule has 134 valence electrons.